The Balaban J connectivity index is 3.36. The zero-order valence-corrected chi connectivity index (χ0v) is 6.96. The van der Waals surface area contributed by atoms with Crippen LogP contribution in [0.4, 0.5) is 0 Å². The third kappa shape index (κ3) is 1.37. The van der Waals surface area contributed by atoms with Crippen LogP contribution in [0.25, 0.3) is 13.2 Å². The first-order valence-electron chi connectivity index (χ1n) is 3.52. The van der Waals surface area contributed by atoms with Crippen LogP contribution in [-0.2, 0) is 4.74 Å². The molecule has 0 heterocycles. The van der Waals surface area contributed by atoms with Crippen molar-refractivity contribution in [3.8, 4) is 0 Å². The molecule has 0 atom stereocenters. The smallest absolute Gasteiger partial charge is 0.338 e. The van der Waals surface area contributed by atoms with Crippen LogP contribution in [0.2, 0.25) is 0 Å². The van der Waals surface area contributed by atoms with Crippen LogP contribution in [0, 0.1) is 0 Å². The second-order valence-corrected chi connectivity index (χ2v) is 2.43. The van der Waals surface area contributed by atoms with Crippen molar-refractivity contribution in [2.24, 2.45) is 0 Å². The Bertz CT molecular complexity index is 393. The van der Waals surface area contributed by atoms with Gasteiger partial charge in [0.1, 0.15) is 0 Å². The Morgan fingerprint density at radius 3 is 2.67 bits per heavy atom. The molecule has 2 nitrogen and oxygen atoms in total. The monoisotopic (exact) mass is 162 g/mol. The Labute approximate surface area is 70.8 Å². The van der Waals surface area contributed by atoms with Crippen molar-refractivity contribution in [2.75, 3.05) is 7.11 Å². The van der Waals surface area contributed by atoms with Gasteiger partial charge in [0.2, 0.25) is 0 Å². The molecule has 0 aliphatic carbocycles. The number of carbonyl (C=O) groups is 1. The van der Waals surface area contributed by atoms with E-state index in [9.17, 15) is 4.79 Å². The summed E-state index contributed by atoms with van der Waals surface area (Å²) < 4.78 is 4.57. The van der Waals surface area contributed by atoms with E-state index in [1.54, 1.807) is 18.2 Å². The SMILES string of the molecule is C=c1cccc(C(=O)OC)c1=C. The van der Waals surface area contributed by atoms with Crippen molar-refractivity contribution in [1.29, 1.82) is 0 Å². The maximum atomic E-state index is 11.1. The van der Waals surface area contributed by atoms with Gasteiger partial charge in [-0.05, 0) is 16.5 Å². The molecular formula is C10H10O2. The molecule has 1 rings (SSSR count). The maximum Gasteiger partial charge on any atom is 0.338 e. The highest BCUT2D eigenvalue weighted by Gasteiger charge is 2.04. The Hall–Kier alpha value is -1.57. The Morgan fingerprint density at radius 2 is 2.08 bits per heavy atom. The number of methoxy groups -OCH3 is 1. The van der Waals surface area contributed by atoms with Gasteiger partial charge in [-0.1, -0.05) is 25.3 Å². The lowest BCUT2D eigenvalue weighted by molar-refractivity contribution is 0.0599. The van der Waals surface area contributed by atoms with Gasteiger partial charge in [0.05, 0.1) is 12.7 Å². The molecule has 0 fully saturated rings. The van der Waals surface area contributed by atoms with Crippen LogP contribution in [-0.4, -0.2) is 13.1 Å². The number of ether oxygens (including phenoxy) is 1. The summed E-state index contributed by atoms with van der Waals surface area (Å²) in [6.45, 7) is 7.45. The predicted octanol–water partition coefficient (Wildman–Crippen LogP) is 0.294. The van der Waals surface area contributed by atoms with Crippen LogP contribution in [0.5, 0.6) is 0 Å². The molecule has 1 aromatic carbocycles. The van der Waals surface area contributed by atoms with Gasteiger partial charge >= 0.3 is 5.97 Å². The minimum absolute atomic E-state index is 0.370. The molecule has 0 bridgehead atoms. The van der Waals surface area contributed by atoms with Crippen LogP contribution in [0.1, 0.15) is 10.4 Å². The van der Waals surface area contributed by atoms with E-state index in [1.807, 2.05) is 0 Å². The van der Waals surface area contributed by atoms with Crippen LogP contribution in [0.15, 0.2) is 18.2 Å². The van der Waals surface area contributed by atoms with Crippen molar-refractivity contribution in [1.82, 2.24) is 0 Å². The molecule has 0 unspecified atom stereocenters. The molecule has 0 aromatic heterocycles. The van der Waals surface area contributed by atoms with Gasteiger partial charge in [0, 0.05) is 0 Å². The fourth-order valence-corrected chi connectivity index (χ4v) is 0.936. The zero-order valence-electron chi connectivity index (χ0n) is 6.96. The summed E-state index contributed by atoms with van der Waals surface area (Å²) in [5, 5.41) is 1.38. The Morgan fingerprint density at radius 1 is 1.42 bits per heavy atom. The fourth-order valence-electron chi connectivity index (χ4n) is 0.936. The van der Waals surface area contributed by atoms with Gasteiger partial charge in [0.15, 0.2) is 0 Å². The fraction of sp³-hybridized carbons (Fsp3) is 0.100. The number of carbonyl (C=O) groups excluding carboxylic acids is 1. The van der Waals surface area contributed by atoms with E-state index in [0.717, 1.165) is 5.22 Å². The van der Waals surface area contributed by atoms with E-state index < -0.39 is 0 Å². The number of hydrogen-bond donors (Lipinski definition) is 0. The molecular weight excluding hydrogens is 152 g/mol. The highest BCUT2D eigenvalue weighted by molar-refractivity contribution is 5.89. The topological polar surface area (TPSA) is 26.3 Å². The summed E-state index contributed by atoms with van der Waals surface area (Å²) in [4.78, 5) is 11.1. The molecule has 12 heavy (non-hydrogen) atoms. The van der Waals surface area contributed by atoms with Crippen LogP contribution in [0.3, 0.4) is 0 Å². The molecule has 0 aliphatic rings. The highest BCUT2D eigenvalue weighted by atomic mass is 16.5. The van der Waals surface area contributed by atoms with E-state index in [2.05, 4.69) is 17.9 Å². The van der Waals surface area contributed by atoms with Crippen molar-refractivity contribution < 1.29 is 9.53 Å². The summed E-state index contributed by atoms with van der Waals surface area (Å²) in [6.07, 6.45) is 0. The zero-order chi connectivity index (χ0) is 9.14. The van der Waals surface area contributed by atoms with E-state index in [1.165, 1.54) is 7.11 Å². The van der Waals surface area contributed by atoms with E-state index in [4.69, 9.17) is 0 Å². The summed E-state index contributed by atoms with van der Waals surface area (Å²) in [7, 11) is 1.34. The lowest BCUT2D eigenvalue weighted by atomic mass is 10.1. The first-order valence-corrected chi connectivity index (χ1v) is 3.52. The van der Waals surface area contributed by atoms with Crippen molar-refractivity contribution in [3.05, 3.63) is 34.2 Å². The second-order valence-electron chi connectivity index (χ2n) is 2.43. The van der Waals surface area contributed by atoms with Gasteiger partial charge in [-0.25, -0.2) is 4.79 Å². The van der Waals surface area contributed by atoms with Gasteiger partial charge in [-0.15, -0.1) is 0 Å². The predicted molar refractivity (Wildman–Crippen MR) is 48.1 cm³/mol. The average Bonchev–Trinajstić information content (AvgIpc) is 2.08. The molecule has 0 aliphatic heterocycles. The molecule has 0 saturated heterocycles. The minimum Gasteiger partial charge on any atom is -0.465 e. The lowest BCUT2D eigenvalue weighted by Gasteiger charge is -1.98. The third-order valence-corrected chi connectivity index (χ3v) is 1.68. The third-order valence-electron chi connectivity index (χ3n) is 1.68. The summed E-state index contributed by atoms with van der Waals surface area (Å²) in [6, 6.07) is 5.22. The molecule has 0 amide bonds. The molecule has 0 spiro atoms. The summed E-state index contributed by atoms with van der Waals surface area (Å²) >= 11 is 0. The number of benzene rings is 1. The van der Waals surface area contributed by atoms with E-state index in [0.29, 0.717) is 10.8 Å². The van der Waals surface area contributed by atoms with E-state index >= 15 is 0 Å². The highest BCUT2D eigenvalue weighted by Crippen LogP contribution is 1.90. The van der Waals surface area contributed by atoms with Gasteiger partial charge in [0.25, 0.3) is 0 Å². The van der Waals surface area contributed by atoms with Crippen molar-refractivity contribution in [2.45, 2.75) is 0 Å². The first-order chi connectivity index (χ1) is 5.66. The normalized spacial score (nSPS) is 9.42. The summed E-state index contributed by atoms with van der Waals surface area (Å²) in [5.74, 6) is -0.370. The number of esters is 1. The Kier molecular flexibility index (Phi) is 2.29. The number of hydrogen-bond acceptors (Lipinski definition) is 2. The average molecular weight is 162 g/mol. The van der Waals surface area contributed by atoms with Crippen LogP contribution >= 0.6 is 0 Å². The molecule has 2 heteroatoms. The second kappa shape index (κ2) is 3.22. The van der Waals surface area contributed by atoms with Crippen molar-refractivity contribution >= 4 is 19.1 Å². The molecule has 0 saturated carbocycles. The van der Waals surface area contributed by atoms with Gasteiger partial charge < -0.3 is 4.74 Å². The standard InChI is InChI=1S/C10H10O2/c1-7-5-4-6-9(8(7)2)10(11)12-3/h4-6H,1-2H2,3H3. The van der Waals surface area contributed by atoms with Gasteiger partial charge in [-0.3, -0.25) is 0 Å². The maximum absolute atomic E-state index is 11.1. The lowest BCUT2D eigenvalue weighted by Crippen LogP contribution is -2.28. The molecule has 1 aromatic rings. The molecule has 0 radical (unpaired) electrons. The van der Waals surface area contributed by atoms with E-state index in [-0.39, 0.29) is 5.97 Å². The molecule has 62 valence electrons. The first kappa shape index (κ1) is 8.53. The van der Waals surface area contributed by atoms with Gasteiger partial charge in [-0.2, -0.15) is 0 Å². The quantitative estimate of drug-likeness (QED) is 0.555. The van der Waals surface area contributed by atoms with Crippen LogP contribution < -0.4 is 10.4 Å². The largest absolute Gasteiger partial charge is 0.465 e. The minimum atomic E-state index is -0.370. The molecule has 0 N–H and O–H groups in total. The van der Waals surface area contributed by atoms with Crippen molar-refractivity contribution in [3.63, 3.8) is 0 Å². The number of rotatable bonds is 1. The summed E-state index contributed by atoms with van der Waals surface area (Å²) in [5.41, 5.74) is 0.477.